The second-order valence-electron chi connectivity index (χ2n) is 13.2. The van der Waals surface area contributed by atoms with E-state index >= 15 is 0 Å². The van der Waals surface area contributed by atoms with Gasteiger partial charge in [0.2, 0.25) is 11.7 Å². The highest BCUT2D eigenvalue weighted by molar-refractivity contribution is 5.95. The third-order valence-electron chi connectivity index (χ3n) is 10.8. The molecule has 2 bridgehead atoms. The first-order valence-corrected chi connectivity index (χ1v) is 14.2. The van der Waals surface area contributed by atoms with Crippen molar-refractivity contribution in [1.82, 2.24) is 0 Å². The Labute approximate surface area is 248 Å². The molecule has 2 saturated heterocycles. The zero-order valence-corrected chi connectivity index (χ0v) is 25.2. The summed E-state index contributed by atoms with van der Waals surface area (Å²) in [5, 5.41) is 33.9. The van der Waals surface area contributed by atoms with E-state index in [9.17, 15) is 39.3 Å². The molecule has 2 heterocycles. The molecule has 0 amide bonds. The number of methoxy groups -OCH3 is 1. The van der Waals surface area contributed by atoms with Gasteiger partial charge in [-0.3, -0.25) is 9.59 Å². The van der Waals surface area contributed by atoms with Crippen LogP contribution in [0.3, 0.4) is 0 Å². The van der Waals surface area contributed by atoms with Crippen LogP contribution in [0.4, 0.5) is 0 Å². The van der Waals surface area contributed by atoms with Crippen LogP contribution in [0.15, 0.2) is 23.0 Å². The van der Waals surface area contributed by atoms with Crippen molar-refractivity contribution in [3.63, 3.8) is 0 Å². The highest BCUT2D eigenvalue weighted by Crippen LogP contribution is 2.72. The van der Waals surface area contributed by atoms with E-state index in [2.05, 4.69) is 0 Å². The molecule has 5 rings (SSSR count). The lowest BCUT2D eigenvalue weighted by molar-refractivity contribution is -0.290. The summed E-state index contributed by atoms with van der Waals surface area (Å²) in [6.45, 7) is 8.96. The summed E-state index contributed by atoms with van der Waals surface area (Å²) in [4.78, 5) is 64.9. The number of aliphatic hydroxyl groups excluding tert-OH is 3. The normalized spacial score (nSPS) is 42.0. The monoisotopic (exact) mass is 606 g/mol. The van der Waals surface area contributed by atoms with Crippen LogP contribution in [-0.4, -0.2) is 94.3 Å². The number of rotatable bonds is 5. The molecule has 3 N–H and O–H groups in total. The Morgan fingerprint density at radius 3 is 2.37 bits per heavy atom. The smallest absolute Gasteiger partial charge is 0.348 e. The van der Waals surface area contributed by atoms with Crippen molar-refractivity contribution in [3.8, 4) is 0 Å². The minimum atomic E-state index is -2.31. The van der Waals surface area contributed by atoms with Crippen molar-refractivity contribution in [3.05, 3.63) is 23.0 Å². The zero-order chi connectivity index (χ0) is 32.0. The van der Waals surface area contributed by atoms with Gasteiger partial charge in [-0.05, 0) is 56.6 Å². The molecule has 0 aromatic heterocycles. The maximum Gasteiger partial charge on any atom is 0.348 e. The van der Waals surface area contributed by atoms with Crippen LogP contribution in [0.1, 0.15) is 54.4 Å². The summed E-state index contributed by atoms with van der Waals surface area (Å²) in [7, 11) is 1.06. The molecular formula is C30H38O13. The van der Waals surface area contributed by atoms with Gasteiger partial charge in [-0.15, -0.1) is 0 Å². The molecule has 0 unspecified atom stereocenters. The molecule has 43 heavy (non-hydrogen) atoms. The Morgan fingerprint density at radius 1 is 1.12 bits per heavy atom. The van der Waals surface area contributed by atoms with Gasteiger partial charge in [0.25, 0.3) is 0 Å². The zero-order valence-electron chi connectivity index (χ0n) is 25.2. The summed E-state index contributed by atoms with van der Waals surface area (Å²) in [5.74, 6) is -7.48. The number of ketones is 1. The first-order chi connectivity index (χ1) is 19.9. The van der Waals surface area contributed by atoms with E-state index in [1.807, 2.05) is 0 Å². The van der Waals surface area contributed by atoms with Crippen molar-refractivity contribution in [1.29, 1.82) is 0 Å². The number of carbonyl (C=O) groups excluding carboxylic acids is 5. The minimum Gasteiger partial charge on any atom is -0.504 e. The Hall–Kier alpha value is -3.29. The Bertz CT molecular complexity index is 1360. The second kappa shape index (κ2) is 9.86. The number of allylic oxidation sites excluding steroid dienone is 2. The highest BCUT2D eigenvalue weighted by Gasteiger charge is 2.85. The minimum absolute atomic E-state index is 0.123. The maximum absolute atomic E-state index is 13.7. The lowest BCUT2D eigenvalue weighted by Gasteiger charge is -2.67. The summed E-state index contributed by atoms with van der Waals surface area (Å²) in [6, 6.07) is 0. The van der Waals surface area contributed by atoms with E-state index in [4.69, 9.17) is 23.7 Å². The molecular weight excluding hydrogens is 568 g/mol. The molecule has 4 fully saturated rings. The number of esters is 4. The fourth-order valence-electron chi connectivity index (χ4n) is 8.81. The molecule has 3 aliphatic carbocycles. The predicted molar refractivity (Wildman–Crippen MR) is 143 cm³/mol. The number of ether oxygens (including phenoxy) is 5. The molecule has 2 saturated carbocycles. The topological polar surface area (TPSA) is 192 Å². The van der Waals surface area contributed by atoms with Crippen molar-refractivity contribution < 1.29 is 63.0 Å². The summed E-state index contributed by atoms with van der Waals surface area (Å²) >= 11 is 0. The molecule has 10 atom stereocenters. The second-order valence-corrected chi connectivity index (χ2v) is 13.2. The van der Waals surface area contributed by atoms with Crippen LogP contribution in [0.25, 0.3) is 0 Å². The van der Waals surface area contributed by atoms with Crippen molar-refractivity contribution in [2.24, 2.45) is 28.6 Å². The van der Waals surface area contributed by atoms with Gasteiger partial charge in [-0.2, -0.15) is 0 Å². The van der Waals surface area contributed by atoms with E-state index in [1.165, 1.54) is 13.8 Å². The van der Waals surface area contributed by atoms with Gasteiger partial charge < -0.3 is 39.0 Å². The molecule has 5 aliphatic rings. The van der Waals surface area contributed by atoms with Crippen LogP contribution in [0, 0.1) is 28.6 Å². The lowest BCUT2D eigenvalue weighted by Crippen LogP contribution is -2.79. The largest absolute Gasteiger partial charge is 0.504 e. The van der Waals surface area contributed by atoms with Crippen molar-refractivity contribution in [2.45, 2.75) is 90.0 Å². The van der Waals surface area contributed by atoms with Crippen LogP contribution in [0.5, 0.6) is 0 Å². The first kappa shape index (κ1) is 31.1. The van der Waals surface area contributed by atoms with Gasteiger partial charge in [0.1, 0.15) is 17.8 Å². The third kappa shape index (κ3) is 4.03. The number of carbonyl (C=O) groups is 5. The summed E-state index contributed by atoms with van der Waals surface area (Å²) in [6.07, 6.45) is -5.37. The lowest BCUT2D eigenvalue weighted by atomic mass is 9.38. The van der Waals surface area contributed by atoms with Crippen molar-refractivity contribution >= 4 is 29.7 Å². The SMILES string of the molecule is COC(=O)[C@]12OC[C@]34[C@H]([C@@H](O)[C@@H]1O)[C@@]1(C)CC(=O)C(O)=C(C)[C@@H]1C[C@H]3OC(=O)[C@H](OC(=O)/C=C(\C)C(C)(C)OC(C)=O)[C@@H]24. The van der Waals surface area contributed by atoms with Crippen molar-refractivity contribution in [2.75, 3.05) is 13.7 Å². The molecule has 0 aromatic rings. The number of Topliss-reactive ketones (excluding diaryl/α,β-unsaturated/α-hetero) is 1. The van der Waals surface area contributed by atoms with Crippen LogP contribution in [-0.2, 0) is 47.7 Å². The van der Waals surface area contributed by atoms with Crippen LogP contribution in [0.2, 0.25) is 0 Å². The Balaban J connectivity index is 1.64. The number of hydrogen-bond acceptors (Lipinski definition) is 13. The van der Waals surface area contributed by atoms with E-state index in [1.54, 1.807) is 27.7 Å². The molecule has 13 heteroatoms. The Kier molecular flexibility index (Phi) is 7.14. The number of hydrogen-bond donors (Lipinski definition) is 3. The average molecular weight is 607 g/mol. The van der Waals surface area contributed by atoms with Crippen LogP contribution < -0.4 is 0 Å². The fraction of sp³-hybridized carbons (Fsp3) is 0.700. The standard InChI is InChI=1S/C30H38O13/c1-12(27(4,5)43-14(3)31)8-18(33)42-21-23-29-11-40-30(23,26(38)39-7)24(36)20(35)22(29)28(6)10-16(32)19(34)13(2)15(28)9-17(29)41-25(21)37/h8,15,17,20-24,34-36H,9-11H2,1-7H3/b12-8+/t15-,17+,20+,21+,22+,23+,24-,28-,29+,30+/m0/s1. The van der Waals surface area contributed by atoms with Gasteiger partial charge in [0.05, 0.1) is 25.7 Å². The molecule has 13 nitrogen and oxygen atoms in total. The predicted octanol–water partition coefficient (Wildman–Crippen LogP) is 0.839. The van der Waals surface area contributed by atoms with Gasteiger partial charge >= 0.3 is 23.9 Å². The van der Waals surface area contributed by atoms with E-state index in [0.717, 1.165) is 13.2 Å². The molecule has 0 aromatic carbocycles. The third-order valence-corrected chi connectivity index (χ3v) is 10.8. The number of aliphatic hydroxyl groups is 3. The van der Waals surface area contributed by atoms with E-state index in [-0.39, 0.29) is 25.2 Å². The molecule has 0 radical (unpaired) electrons. The molecule has 1 spiro atoms. The summed E-state index contributed by atoms with van der Waals surface area (Å²) in [5.41, 5.74) is -5.29. The van der Waals surface area contributed by atoms with Gasteiger partial charge in [0.15, 0.2) is 11.5 Å². The highest BCUT2D eigenvalue weighted by atomic mass is 16.6. The average Bonchev–Trinajstić information content (AvgIpc) is 3.21. The van der Waals surface area contributed by atoms with Gasteiger partial charge in [0, 0.05) is 30.8 Å². The summed E-state index contributed by atoms with van der Waals surface area (Å²) < 4.78 is 28.0. The Morgan fingerprint density at radius 2 is 1.77 bits per heavy atom. The molecule has 236 valence electrons. The first-order valence-electron chi connectivity index (χ1n) is 14.2. The van der Waals surface area contributed by atoms with Gasteiger partial charge in [-0.1, -0.05) is 6.92 Å². The quantitative estimate of drug-likeness (QED) is 0.227. The van der Waals surface area contributed by atoms with Crippen LogP contribution >= 0.6 is 0 Å². The van der Waals surface area contributed by atoms with E-state index in [0.29, 0.717) is 11.1 Å². The maximum atomic E-state index is 13.7. The fourth-order valence-corrected chi connectivity index (χ4v) is 8.81. The van der Waals surface area contributed by atoms with Gasteiger partial charge in [-0.25, -0.2) is 14.4 Å². The van der Waals surface area contributed by atoms with E-state index < -0.39 is 93.9 Å². The molecule has 2 aliphatic heterocycles. The number of fused-ring (bicyclic) bond motifs is 2.